The van der Waals surface area contributed by atoms with Crippen molar-refractivity contribution in [3.8, 4) is 0 Å². The molecule has 0 bridgehead atoms. The maximum atomic E-state index is 5.73. The number of rotatable bonds is 2. The Hall–Kier alpha value is -0.600. The van der Waals surface area contributed by atoms with Gasteiger partial charge < -0.3 is 4.90 Å². The monoisotopic (exact) mass is 184 g/mol. The first-order chi connectivity index (χ1) is 5.59. The third kappa shape index (κ3) is 2.47. The van der Waals surface area contributed by atoms with E-state index >= 15 is 0 Å². The molecule has 1 heterocycles. The fourth-order valence-electron chi connectivity index (χ4n) is 1.07. The molecule has 3 heteroatoms. The van der Waals surface area contributed by atoms with Crippen LogP contribution in [0.4, 0.5) is 0 Å². The fraction of sp³-hybridized carbons (Fsp3) is 0.444. The number of aryl methyl sites for hydroxylation is 1. The van der Waals surface area contributed by atoms with E-state index < -0.39 is 0 Å². The van der Waals surface area contributed by atoms with Gasteiger partial charge in [-0.3, -0.25) is 0 Å². The highest BCUT2D eigenvalue weighted by Crippen LogP contribution is 2.11. The summed E-state index contributed by atoms with van der Waals surface area (Å²) < 4.78 is 0. The summed E-state index contributed by atoms with van der Waals surface area (Å²) in [6, 6.07) is 3.85. The Morgan fingerprint density at radius 2 is 2.08 bits per heavy atom. The number of pyridine rings is 1. The van der Waals surface area contributed by atoms with Gasteiger partial charge in [0.05, 0.1) is 0 Å². The summed E-state index contributed by atoms with van der Waals surface area (Å²) in [5.41, 5.74) is 2.24. The van der Waals surface area contributed by atoms with E-state index in [0.29, 0.717) is 5.15 Å². The molecule has 12 heavy (non-hydrogen) atoms. The van der Waals surface area contributed by atoms with Crippen molar-refractivity contribution in [2.45, 2.75) is 13.5 Å². The third-order valence-electron chi connectivity index (χ3n) is 1.65. The lowest BCUT2D eigenvalue weighted by molar-refractivity contribution is 0.401. The standard InChI is InChI=1S/C9H13ClN2/c1-7-8(6-12(2)3)4-5-9(10)11-7/h4-5H,6H2,1-3H3. The van der Waals surface area contributed by atoms with Crippen LogP contribution in [0.3, 0.4) is 0 Å². The molecule has 0 saturated heterocycles. The van der Waals surface area contributed by atoms with Gasteiger partial charge in [0.15, 0.2) is 0 Å². The van der Waals surface area contributed by atoms with Gasteiger partial charge in [-0.05, 0) is 32.6 Å². The summed E-state index contributed by atoms with van der Waals surface area (Å²) in [6.45, 7) is 2.89. The van der Waals surface area contributed by atoms with Gasteiger partial charge in [-0.2, -0.15) is 0 Å². The quantitative estimate of drug-likeness (QED) is 0.655. The molecule has 1 rings (SSSR count). The number of hydrogen-bond donors (Lipinski definition) is 0. The van der Waals surface area contributed by atoms with Gasteiger partial charge in [0.2, 0.25) is 0 Å². The van der Waals surface area contributed by atoms with Crippen LogP contribution in [0.15, 0.2) is 12.1 Å². The summed E-state index contributed by atoms with van der Waals surface area (Å²) in [5.74, 6) is 0. The number of halogens is 1. The predicted molar refractivity (Wildman–Crippen MR) is 51.4 cm³/mol. The van der Waals surface area contributed by atoms with Crippen molar-refractivity contribution in [1.29, 1.82) is 0 Å². The van der Waals surface area contributed by atoms with E-state index in [0.717, 1.165) is 12.2 Å². The van der Waals surface area contributed by atoms with Crippen LogP contribution < -0.4 is 0 Å². The molecule has 0 aliphatic rings. The van der Waals surface area contributed by atoms with Gasteiger partial charge in [-0.1, -0.05) is 17.7 Å². The smallest absolute Gasteiger partial charge is 0.129 e. The Bertz CT molecular complexity index is 271. The molecule has 0 fully saturated rings. The summed E-state index contributed by atoms with van der Waals surface area (Å²) in [4.78, 5) is 6.27. The first kappa shape index (κ1) is 9.49. The number of nitrogens with zero attached hydrogens (tertiary/aromatic N) is 2. The van der Waals surface area contributed by atoms with Crippen LogP contribution in [0, 0.1) is 6.92 Å². The first-order valence-electron chi connectivity index (χ1n) is 3.86. The zero-order chi connectivity index (χ0) is 9.14. The van der Waals surface area contributed by atoms with E-state index in [2.05, 4.69) is 9.88 Å². The minimum Gasteiger partial charge on any atom is -0.305 e. The van der Waals surface area contributed by atoms with Gasteiger partial charge in [0.25, 0.3) is 0 Å². The Morgan fingerprint density at radius 3 is 2.58 bits per heavy atom. The van der Waals surface area contributed by atoms with Gasteiger partial charge >= 0.3 is 0 Å². The SMILES string of the molecule is Cc1nc(Cl)ccc1CN(C)C. The summed E-state index contributed by atoms with van der Waals surface area (Å²) in [7, 11) is 4.07. The lowest BCUT2D eigenvalue weighted by Crippen LogP contribution is -2.12. The number of aromatic nitrogens is 1. The molecule has 0 aliphatic heterocycles. The molecular weight excluding hydrogens is 172 g/mol. The second-order valence-corrected chi connectivity index (χ2v) is 3.50. The summed E-state index contributed by atoms with van der Waals surface area (Å²) >= 11 is 5.73. The van der Waals surface area contributed by atoms with Crippen molar-refractivity contribution in [2.75, 3.05) is 14.1 Å². The molecule has 0 saturated carbocycles. The summed E-state index contributed by atoms with van der Waals surface area (Å²) in [5, 5.41) is 0.565. The van der Waals surface area contributed by atoms with Crippen molar-refractivity contribution in [2.24, 2.45) is 0 Å². The Labute approximate surface area is 78.2 Å². The van der Waals surface area contributed by atoms with E-state index in [1.54, 1.807) is 0 Å². The largest absolute Gasteiger partial charge is 0.305 e. The minimum atomic E-state index is 0.565. The molecule has 0 amide bonds. The Balaban J connectivity index is 2.86. The molecule has 0 atom stereocenters. The molecule has 1 aromatic heterocycles. The Kier molecular flexibility index (Phi) is 3.06. The van der Waals surface area contributed by atoms with Crippen molar-refractivity contribution >= 4 is 11.6 Å². The van der Waals surface area contributed by atoms with Crippen molar-refractivity contribution in [3.05, 3.63) is 28.5 Å². The lowest BCUT2D eigenvalue weighted by Gasteiger charge is -2.11. The van der Waals surface area contributed by atoms with E-state index in [-0.39, 0.29) is 0 Å². The van der Waals surface area contributed by atoms with Crippen molar-refractivity contribution < 1.29 is 0 Å². The predicted octanol–water partition coefficient (Wildman–Crippen LogP) is 2.11. The Morgan fingerprint density at radius 1 is 1.42 bits per heavy atom. The van der Waals surface area contributed by atoms with E-state index in [4.69, 9.17) is 11.6 Å². The molecule has 0 N–H and O–H groups in total. The summed E-state index contributed by atoms with van der Waals surface area (Å²) in [6.07, 6.45) is 0. The van der Waals surface area contributed by atoms with Crippen LogP contribution in [0.2, 0.25) is 5.15 Å². The molecule has 0 aromatic carbocycles. The van der Waals surface area contributed by atoms with Crippen LogP contribution >= 0.6 is 11.6 Å². The molecule has 2 nitrogen and oxygen atoms in total. The van der Waals surface area contributed by atoms with Crippen LogP contribution in [-0.4, -0.2) is 24.0 Å². The van der Waals surface area contributed by atoms with Gasteiger partial charge in [0, 0.05) is 12.2 Å². The highest BCUT2D eigenvalue weighted by molar-refractivity contribution is 6.29. The highest BCUT2D eigenvalue weighted by atomic mass is 35.5. The van der Waals surface area contributed by atoms with Crippen LogP contribution in [0.25, 0.3) is 0 Å². The molecule has 66 valence electrons. The second-order valence-electron chi connectivity index (χ2n) is 3.12. The van der Waals surface area contributed by atoms with E-state index in [1.807, 2.05) is 33.2 Å². The topological polar surface area (TPSA) is 16.1 Å². The highest BCUT2D eigenvalue weighted by Gasteiger charge is 2.00. The maximum Gasteiger partial charge on any atom is 0.129 e. The zero-order valence-corrected chi connectivity index (χ0v) is 8.39. The normalized spacial score (nSPS) is 10.8. The fourth-order valence-corrected chi connectivity index (χ4v) is 1.26. The molecular formula is C9H13ClN2. The average molecular weight is 185 g/mol. The molecule has 0 unspecified atom stereocenters. The maximum absolute atomic E-state index is 5.73. The minimum absolute atomic E-state index is 0.565. The third-order valence-corrected chi connectivity index (χ3v) is 1.86. The van der Waals surface area contributed by atoms with Crippen molar-refractivity contribution in [3.63, 3.8) is 0 Å². The lowest BCUT2D eigenvalue weighted by atomic mass is 10.2. The molecule has 0 spiro atoms. The second kappa shape index (κ2) is 3.87. The molecule has 0 aliphatic carbocycles. The van der Waals surface area contributed by atoms with Crippen LogP contribution in [0.5, 0.6) is 0 Å². The molecule has 0 radical (unpaired) electrons. The van der Waals surface area contributed by atoms with Gasteiger partial charge in [-0.15, -0.1) is 0 Å². The van der Waals surface area contributed by atoms with Crippen LogP contribution in [0.1, 0.15) is 11.3 Å². The number of hydrogen-bond acceptors (Lipinski definition) is 2. The van der Waals surface area contributed by atoms with E-state index in [9.17, 15) is 0 Å². The van der Waals surface area contributed by atoms with E-state index in [1.165, 1.54) is 5.56 Å². The van der Waals surface area contributed by atoms with Gasteiger partial charge in [0.1, 0.15) is 5.15 Å². The molecule has 1 aromatic rings. The average Bonchev–Trinajstić information content (AvgIpc) is 1.94. The van der Waals surface area contributed by atoms with Crippen LogP contribution in [-0.2, 0) is 6.54 Å². The van der Waals surface area contributed by atoms with Gasteiger partial charge in [-0.25, -0.2) is 4.98 Å². The zero-order valence-electron chi connectivity index (χ0n) is 7.63. The van der Waals surface area contributed by atoms with Crippen molar-refractivity contribution in [1.82, 2.24) is 9.88 Å². The first-order valence-corrected chi connectivity index (χ1v) is 4.24.